The number of ether oxygens (including phenoxy) is 1. The van der Waals surface area contributed by atoms with Crippen LogP contribution >= 0.6 is 0 Å². The summed E-state index contributed by atoms with van der Waals surface area (Å²) in [6.07, 6.45) is -2.78. The van der Waals surface area contributed by atoms with Crippen molar-refractivity contribution in [3.05, 3.63) is 11.5 Å². The zero-order valence-electron chi connectivity index (χ0n) is 9.57. The summed E-state index contributed by atoms with van der Waals surface area (Å²) in [6.45, 7) is -0.616. The first-order valence-electron chi connectivity index (χ1n) is 4.94. The van der Waals surface area contributed by atoms with Crippen molar-refractivity contribution in [2.75, 3.05) is 20.2 Å². The number of esters is 1. The third-order valence-corrected chi connectivity index (χ3v) is 1.85. The van der Waals surface area contributed by atoms with E-state index in [2.05, 4.69) is 4.74 Å². The minimum Gasteiger partial charge on any atom is -0.544 e. The highest BCUT2D eigenvalue weighted by molar-refractivity contribution is 5.89. The van der Waals surface area contributed by atoms with Crippen LogP contribution in [-0.2, 0) is 14.3 Å². The van der Waals surface area contributed by atoms with Gasteiger partial charge in [-0.2, -0.15) is 0 Å². The highest BCUT2D eigenvalue weighted by atomic mass is 16.6. The summed E-state index contributed by atoms with van der Waals surface area (Å²) in [6, 6.07) is 0. The fourth-order valence-electron chi connectivity index (χ4n) is 0.989. The Hall–Kier alpha value is -1.84. The lowest BCUT2D eigenvalue weighted by Crippen LogP contribution is -2.82. The molecule has 0 aromatic heterocycles. The van der Waals surface area contributed by atoms with E-state index in [4.69, 9.17) is 20.4 Å². The maximum absolute atomic E-state index is 10.5. The second-order valence-electron chi connectivity index (χ2n) is 3.29. The number of likely N-dealkylation sites (N-methyl/N-ethyl adjacent to an activating group) is 1. The maximum Gasteiger partial charge on any atom is 0.377 e. The van der Waals surface area contributed by atoms with E-state index in [1.165, 1.54) is 5.32 Å². The zero-order chi connectivity index (χ0) is 14.3. The summed E-state index contributed by atoms with van der Waals surface area (Å²) in [4.78, 5) is 20.0. The maximum atomic E-state index is 10.5. The first kappa shape index (κ1) is 16.2. The zero-order valence-corrected chi connectivity index (χ0v) is 9.57. The van der Waals surface area contributed by atoms with Gasteiger partial charge in [0, 0.05) is 0 Å². The number of carboxylic acid groups (broad SMARTS) is 1. The smallest absolute Gasteiger partial charge is 0.377 e. The highest BCUT2D eigenvalue weighted by Crippen LogP contribution is 2.20. The third-order valence-electron chi connectivity index (χ3n) is 1.85. The lowest BCUT2D eigenvalue weighted by molar-refractivity contribution is -0.622. The molecular weight excluding hydrogens is 250 g/mol. The number of aliphatic carboxylic acids is 1. The van der Waals surface area contributed by atoms with Gasteiger partial charge in [-0.05, 0) is 0 Å². The number of aliphatic hydroxyl groups is 4. The summed E-state index contributed by atoms with van der Waals surface area (Å²) in [7, 11) is 1.68. The van der Waals surface area contributed by atoms with Gasteiger partial charge in [-0.25, -0.2) is 4.79 Å². The predicted octanol–water partition coefficient (Wildman–Crippen LogP) is -4.48. The molecule has 18 heavy (non-hydrogen) atoms. The number of quaternary nitrogens is 1. The van der Waals surface area contributed by atoms with Crippen LogP contribution in [0.1, 0.15) is 0 Å². The van der Waals surface area contributed by atoms with Crippen molar-refractivity contribution >= 4 is 11.9 Å². The monoisotopic (exact) mass is 265 g/mol. The molecule has 2 atom stereocenters. The quantitative estimate of drug-likeness (QED) is 0.317. The second kappa shape index (κ2) is 7.48. The standard InChI is InChI=1S/C6H8O6.C3H7NO2/c7-1-2(8)5-3(9)4(10)6(11)12-5;1-4-2-3(5)6/h2,5,7-10H,1H2;4H,2H2,1H3,(H,5,6)/t2-,5+;/m1./s1. The Morgan fingerprint density at radius 3 is 2.33 bits per heavy atom. The minimum atomic E-state index is -1.42. The van der Waals surface area contributed by atoms with Gasteiger partial charge in [-0.15, -0.1) is 0 Å². The molecule has 0 saturated carbocycles. The van der Waals surface area contributed by atoms with Crippen molar-refractivity contribution in [1.82, 2.24) is 0 Å². The minimum absolute atomic E-state index is 0.0556. The molecule has 1 heterocycles. The van der Waals surface area contributed by atoms with Crippen LogP contribution in [0.3, 0.4) is 0 Å². The van der Waals surface area contributed by atoms with Crippen molar-refractivity contribution in [3.8, 4) is 0 Å². The molecule has 1 aliphatic rings. The van der Waals surface area contributed by atoms with Gasteiger partial charge in [0.05, 0.1) is 19.6 Å². The molecule has 104 valence electrons. The van der Waals surface area contributed by atoms with E-state index in [1.54, 1.807) is 7.05 Å². The Morgan fingerprint density at radius 2 is 2.11 bits per heavy atom. The number of carbonyl (C=O) groups excluding carboxylic acids is 2. The average Bonchev–Trinajstić information content (AvgIpc) is 2.57. The number of rotatable bonds is 4. The van der Waals surface area contributed by atoms with E-state index in [1.807, 2.05) is 0 Å². The van der Waals surface area contributed by atoms with Crippen molar-refractivity contribution in [1.29, 1.82) is 0 Å². The summed E-state index contributed by atoms with van der Waals surface area (Å²) in [5, 5.41) is 46.0. The molecule has 1 rings (SSSR count). The predicted molar refractivity (Wildman–Crippen MR) is 53.0 cm³/mol. The van der Waals surface area contributed by atoms with Crippen molar-refractivity contribution in [2.45, 2.75) is 12.2 Å². The molecule has 0 radical (unpaired) electrons. The van der Waals surface area contributed by atoms with E-state index in [9.17, 15) is 14.7 Å². The number of hydrogen-bond acceptors (Lipinski definition) is 8. The number of carbonyl (C=O) groups is 2. The van der Waals surface area contributed by atoms with Gasteiger partial charge >= 0.3 is 5.97 Å². The Kier molecular flexibility index (Phi) is 6.71. The molecule has 0 aliphatic carbocycles. The van der Waals surface area contributed by atoms with Crippen LogP contribution in [0.2, 0.25) is 0 Å². The van der Waals surface area contributed by atoms with Crippen LogP contribution in [0.5, 0.6) is 0 Å². The Bertz CT molecular complexity index is 339. The van der Waals surface area contributed by atoms with Crippen molar-refractivity contribution < 1.29 is 45.2 Å². The molecule has 0 fully saturated rings. The third kappa shape index (κ3) is 4.57. The number of carboxylic acids is 1. The fourth-order valence-corrected chi connectivity index (χ4v) is 0.989. The Balaban J connectivity index is 0.000000411. The van der Waals surface area contributed by atoms with E-state index in [0.717, 1.165) is 0 Å². The van der Waals surface area contributed by atoms with Gasteiger partial charge in [-0.1, -0.05) is 0 Å². The van der Waals surface area contributed by atoms with E-state index in [-0.39, 0.29) is 6.54 Å². The number of cyclic esters (lactones) is 1. The fraction of sp³-hybridized carbons (Fsp3) is 0.556. The highest BCUT2D eigenvalue weighted by Gasteiger charge is 2.38. The van der Waals surface area contributed by atoms with Crippen LogP contribution in [0.25, 0.3) is 0 Å². The normalized spacial score (nSPS) is 19.9. The van der Waals surface area contributed by atoms with Gasteiger partial charge in [0.15, 0.2) is 11.9 Å². The van der Waals surface area contributed by atoms with Crippen LogP contribution in [0.4, 0.5) is 0 Å². The molecule has 6 N–H and O–H groups in total. The molecule has 9 heteroatoms. The van der Waals surface area contributed by atoms with E-state index in [0.29, 0.717) is 0 Å². The molecule has 0 bridgehead atoms. The summed E-state index contributed by atoms with van der Waals surface area (Å²) >= 11 is 0. The number of aliphatic hydroxyl groups excluding tert-OH is 4. The summed E-state index contributed by atoms with van der Waals surface area (Å²) in [5.41, 5.74) is 0. The van der Waals surface area contributed by atoms with Crippen LogP contribution in [0, 0.1) is 0 Å². The first-order valence-corrected chi connectivity index (χ1v) is 4.94. The first-order chi connectivity index (χ1) is 8.34. The molecule has 9 nitrogen and oxygen atoms in total. The average molecular weight is 265 g/mol. The van der Waals surface area contributed by atoms with E-state index >= 15 is 0 Å². The summed E-state index contributed by atoms with van der Waals surface area (Å²) < 4.78 is 4.32. The molecule has 0 aromatic carbocycles. The van der Waals surface area contributed by atoms with E-state index < -0.39 is 42.3 Å². The van der Waals surface area contributed by atoms with Crippen LogP contribution in [0.15, 0.2) is 11.5 Å². The molecular formula is C9H15NO8. The lowest BCUT2D eigenvalue weighted by Gasteiger charge is -2.13. The van der Waals surface area contributed by atoms with Crippen LogP contribution < -0.4 is 10.4 Å². The largest absolute Gasteiger partial charge is 0.544 e. The number of nitrogens with two attached hydrogens (primary N) is 1. The van der Waals surface area contributed by atoms with Gasteiger partial charge in [0.25, 0.3) is 0 Å². The summed E-state index contributed by atoms with van der Waals surface area (Å²) in [5.74, 6) is -3.79. The lowest BCUT2D eigenvalue weighted by atomic mass is 10.2. The van der Waals surface area contributed by atoms with Crippen molar-refractivity contribution in [3.63, 3.8) is 0 Å². The molecule has 0 saturated heterocycles. The molecule has 1 aliphatic heterocycles. The molecule has 0 spiro atoms. The van der Waals surface area contributed by atoms with Crippen LogP contribution in [-0.4, -0.2) is 64.8 Å². The molecule has 0 amide bonds. The van der Waals surface area contributed by atoms with Gasteiger partial charge in [0.1, 0.15) is 12.6 Å². The van der Waals surface area contributed by atoms with Gasteiger partial charge < -0.3 is 40.4 Å². The topological polar surface area (TPSA) is 164 Å². The Morgan fingerprint density at radius 1 is 1.56 bits per heavy atom. The second-order valence-corrected chi connectivity index (χ2v) is 3.29. The Labute approximate surface area is 102 Å². The number of hydrogen-bond donors (Lipinski definition) is 5. The SMILES string of the molecule is C[NH2+]CC(=O)[O-].O=C1O[C@@H]([C@H](O)CO)C(O)=C1O. The van der Waals surface area contributed by atoms with Gasteiger partial charge in [-0.3, -0.25) is 0 Å². The molecule has 0 unspecified atom stereocenters. The molecule has 0 aromatic rings. The van der Waals surface area contributed by atoms with Crippen molar-refractivity contribution in [2.24, 2.45) is 0 Å². The van der Waals surface area contributed by atoms with Gasteiger partial charge in [0.2, 0.25) is 5.76 Å².